The fourth-order valence-electron chi connectivity index (χ4n) is 1.38. The summed E-state index contributed by atoms with van der Waals surface area (Å²) in [5.74, 6) is -0.504. The van der Waals surface area contributed by atoms with Crippen LogP contribution in [0.5, 0.6) is 11.5 Å². The summed E-state index contributed by atoms with van der Waals surface area (Å²) in [7, 11) is 2.64. The molecule has 5 nitrogen and oxygen atoms in total. The minimum atomic E-state index is -1.49. The van der Waals surface area contributed by atoms with Gasteiger partial charge in [0.15, 0.2) is 6.10 Å². The number of carbonyl (C=O) groups excluding carboxylic acids is 1. The highest BCUT2D eigenvalue weighted by molar-refractivity contribution is 5.77. The van der Waals surface area contributed by atoms with Gasteiger partial charge < -0.3 is 19.7 Å². The van der Waals surface area contributed by atoms with Crippen molar-refractivity contribution in [2.75, 3.05) is 14.2 Å². The molecule has 0 aliphatic rings. The van der Waals surface area contributed by atoms with E-state index in [0.29, 0.717) is 11.3 Å². The molecule has 0 amide bonds. The zero-order valence-corrected chi connectivity index (χ0v) is 9.35. The topological polar surface area (TPSA) is 76.0 Å². The summed E-state index contributed by atoms with van der Waals surface area (Å²) in [6.45, 7) is 1.63. The number of hydrogen-bond acceptors (Lipinski definition) is 5. The number of carbonyl (C=O) groups is 1. The van der Waals surface area contributed by atoms with Crippen molar-refractivity contribution in [3.05, 3.63) is 23.3 Å². The second-order valence-corrected chi connectivity index (χ2v) is 3.26. The van der Waals surface area contributed by atoms with E-state index in [0.717, 1.165) is 0 Å². The number of phenolic OH excluding ortho intramolecular Hbond substituents is 1. The maximum Gasteiger partial charge on any atom is 0.339 e. The number of phenols is 1. The Balaban J connectivity index is 3.17. The van der Waals surface area contributed by atoms with Gasteiger partial charge in [-0.3, -0.25) is 0 Å². The van der Waals surface area contributed by atoms with Crippen LogP contribution in [0.4, 0.5) is 0 Å². The Bertz CT molecular complexity index is 400. The summed E-state index contributed by atoms with van der Waals surface area (Å²) in [4.78, 5) is 11.1. The Hall–Kier alpha value is -1.75. The molecule has 0 heterocycles. The van der Waals surface area contributed by atoms with Gasteiger partial charge >= 0.3 is 5.97 Å². The molecule has 0 aliphatic heterocycles. The summed E-state index contributed by atoms with van der Waals surface area (Å²) in [6, 6.07) is 2.99. The van der Waals surface area contributed by atoms with E-state index in [1.54, 1.807) is 13.0 Å². The number of aliphatic hydroxyl groups is 1. The monoisotopic (exact) mass is 226 g/mol. The van der Waals surface area contributed by atoms with Crippen LogP contribution in [-0.2, 0) is 9.53 Å². The molecule has 0 fully saturated rings. The lowest BCUT2D eigenvalue weighted by molar-refractivity contribution is -0.150. The van der Waals surface area contributed by atoms with E-state index >= 15 is 0 Å². The molecule has 0 saturated carbocycles. The molecule has 5 heteroatoms. The molecule has 2 N–H and O–H groups in total. The van der Waals surface area contributed by atoms with Gasteiger partial charge in [0, 0.05) is 11.1 Å². The second-order valence-electron chi connectivity index (χ2n) is 3.26. The van der Waals surface area contributed by atoms with Crippen LogP contribution in [0.2, 0.25) is 0 Å². The van der Waals surface area contributed by atoms with Gasteiger partial charge in [-0.05, 0) is 19.1 Å². The van der Waals surface area contributed by atoms with Crippen molar-refractivity contribution >= 4 is 5.97 Å². The SMILES string of the molecule is COC(=O)C(O)c1ccc(OC)c(C)c1O. The summed E-state index contributed by atoms with van der Waals surface area (Å²) < 4.78 is 9.38. The van der Waals surface area contributed by atoms with E-state index in [9.17, 15) is 15.0 Å². The van der Waals surface area contributed by atoms with Gasteiger partial charge in [-0.25, -0.2) is 4.79 Å². The van der Waals surface area contributed by atoms with Gasteiger partial charge in [-0.15, -0.1) is 0 Å². The first-order chi connectivity index (χ1) is 7.52. The number of aromatic hydroxyl groups is 1. The van der Waals surface area contributed by atoms with E-state index in [2.05, 4.69) is 4.74 Å². The van der Waals surface area contributed by atoms with E-state index in [1.807, 2.05) is 0 Å². The lowest BCUT2D eigenvalue weighted by Crippen LogP contribution is -2.13. The van der Waals surface area contributed by atoms with Gasteiger partial charge in [0.05, 0.1) is 14.2 Å². The lowest BCUT2D eigenvalue weighted by Gasteiger charge is -2.14. The molecule has 1 aromatic rings. The van der Waals surface area contributed by atoms with Crippen molar-refractivity contribution in [2.45, 2.75) is 13.0 Å². The molecule has 16 heavy (non-hydrogen) atoms. The van der Waals surface area contributed by atoms with Crippen molar-refractivity contribution < 1.29 is 24.5 Å². The summed E-state index contributed by atoms with van der Waals surface area (Å²) in [5, 5.41) is 19.4. The summed E-state index contributed by atoms with van der Waals surface area (Å²) >= 11 is 0. The number of aliphatic hydroxyl groups excluding tert-OH is 1. The van der Waals surface area contributed by atoms with E-state index < -0.39 is 12.1 Å². The quantitative estimate of drug-likeness (QED) is 0.749. The lowest BCUT2D eigenvalue weighted by atomic mass is 10.0. The van der Waals surface area contributed by atoms with Crippen LogP contribution >= 0.6 is 0 Å². The Morgan fingerprint density at radius 2 is 2.00 bits per heavy atom. The smallest absolute Gasteiger partial charge is 0.339 e. The average molecular weight is 226 g/mol. The Kier molecular flexibility index (Phi) is 3.73. The van der Waals surface area contributed by atoms with E-state index in [4.69, 9.17) is 4.74 Å². The predicted molar refractivity (Wildman–Crippen MR) is 56.4 cm³/mol. The zero-order chi connectivity index (χ0) is 12.3. The molecule has 1 atom stereocenters. The zero-order valence-electron chi connectivity index (χ0n) is 9.35. The van der Waals surface area contributed by atoms with Gasteiger partial charge in [-0.1, -0.05) is 0 Å². The number of rotatable bonds is 3. The van der Waals surface area contributed by atoms with Crippen LogP contribution in [0.1, 0.15) is 17.2 Å². The Labute approximate surface area is 93.2 Å². The van der Waals surface area contributed by atoms with Crippen molar-refractivity contribution in [3.8, 4) is 11.5 Å². The van der Waals surface area contributed by atoms with Gasteiger partial charge in [0.2, 0.25) is 0 Å². The molecule has 0 radical (unpaired) electrons. The second kappa shape index (κ2) is 4.85. The van der Waals surface area contributed by atoms with E-state index in [-0.39, 0.29) is 11.3 Å². The van der Waals surface area contributed by atoms with Crippen LogP contribution < -0.4 is 4.74 Å². The van der Waals surface area contributed by atoms with Crippen LogP contribution in [0.25, 0.3) is 0 Å². The maximum atomic E-state index is 11.1. The summed E-state index contributed by atoms with van der Waals surface area (Å²) in [6.07, 6.45) is -1.49. The highest BCUT2D eigenvalue weighted by atomic mass is 16.5. The molecule has 0 aromatic heterocycles. The molecule has 0 bridgehead atoms. The molecule has 1 unspecified atom stereocenters. The number of ether oxygens (including phenoxy) is 2. The van der Waals surface area contributed by atoms with Gasteiger partial charge in [0.25, 0.3) is 0 Å². The third-order valence-corrected chi connectivity index (χ3v) is 2.35. The van der Waals surface area contributed by atoms with E-state index in [1.165, 1.54) is 20.3 Å². The van der Waals surface area contributed by atoms with Crippen LogP contribution in [-0.4, -0.2) is 30.4 Å². The largest absolute Gasteiger partial charge is 0.507 e. The number of hydrogen-bond donors (Lipinski definition) is 2. The van der Waals surface area contributed by atoms with Crippen molar-refractivity contribution in [1.29, 1.82) is 0 Å². The number of benzene rings is 1. The van der Waals surface area contributed by atoms with Crippen LogP contribution in [0.3, 0.4) is 0 Å². The fourth-order valence-corrected chi connectivity index (χ4v) is 1.38. The average Bonchev–Trinajstić information content (AvgIpc) is 2.30. The molecule has 1 rings (SSSR count). The van der Waals surface area contributed by atoms with Crippen LogP contribution in [0.15, 0.2) is 12.1 Å². The summed E-state index contributed by atoms with van der Waals surface area (Å²) in [5.41, 5.74) is 0.563. The van der Waals surface area contributed by atoms with Crippen LogP contribution in [0, 0.1) is 6.92 Å². The first-order valence-corrected chi connectivity index (χ1v) is 4.65. The van der Waals surface area contributed by atoms with Crippen molar-refractivity contribution in [1.82, 2.24) is 0 Å². The Morgan fingerprint density at radius 3 is 2.50 bits per heavy atom. The Morgan fingerprint density at radius 1 is 1.38 bits per heavy atom. The fraction of sp³-hybridized carbons (Fsp3) is 0.364. The molecular weight excluding hydrogens is 212 g/mol. The molecule has 0 aliphatic carbocycles. The molecule has 0 saturated heterocycles. The maximum absolute atomic E-state index is 11.1. The predicted octanol–water partition coefficient (Wildman–Crippen LogP) is 0.916. The number of esters is 1. The third kappa shape index (κ3) is 2.09. The highest BCUT2D eigenvalue weighted by Gasteiger charge is 2.23. The molecule has 0 spiro atoms. The molecule has 88 valence electrons. The number of methoxy groups -OCH3 is 2. The highest BCUT2D eigenvalue weighted by Crippen LogP contribution is 2.34. The van der Waals surface area contributed by atoms with Gasteiger partial charge in [0.1, 0.15) is 11.5 Å². The minimum Gasteiger partial charge on any atom is -0.507 e. The third-order valence-electron chi connectivity index (χ3n) is 2.35. The normalized spacial score (nSPS) is 12.0. The first-order valence-electron chi connectivity index (χ1n) is 4.65. The molecular formula is C11H14O5. The van der Waals surface area contributed by atoms with Crippen molar-refractivity contribution in [2.24, 2.45) is 0 Å². The standard InChI is InChI=1S/C11H14O5/c1-6-8(15-2)5-4-7(9(6)12)10(13)11(14)16-3/h4-5,10,12-13H,1-3H3. The van der Waals surface area contributed by atoms with Gasteiger partial charge in [-0.2, -0.15) is 0 Å². The minimum absolute atomic E-state index is 0.102. The molecule has 1 aromatic carbocycles. The first kappa shape index (κ1) is 12.3. The van der Waals surface area contributed by atoms with Crippen molar-refractivity contribution in [3.63, 3.8) is 0 Å².